The van der Waals surface area contributed by atoms with Crippen molar-refractivity contribution in [1.82, 2.24) is 5.32 Å². The maximum absolute atomic E-state index is 12.9. The Morgan fingerprint density at radius 2 is 2.00 bits per heavy atom. The third-order valence-electron chi connectivity index (χ3n) is 5.45. The fraction of sp³-hybridized carbons (Fsp3) is 0.476. The number of benzene rings is 1. The van der Waals surface area contributed by atoms with Crippen LogP contribution in [0, 0.1) is 6.92 Å². The molecule has 1 amide bonds. The Morgan fingerprint density at radius 3 is 2.73 bits per heavy atom. The van der Waals surface area contributed by atoms with E-state index in [0.29, 0.717) is 0 Å². The molecule has 1 aliphatic heterocycles. The highest BCUT2D eigenvalue weighted by Crippen LogP contribution is 2.30. The van der Waals surface area contributed by atoms with Gasteiger partial charge in [-0.05, 0) is 43.4 Å². The molecule has 1 aromatic carbocycles. The molecule has 1 fully saturated rings. The fourth-order valence-electron chi connectivity index (χ4n) is 3.87. The smallest absolute Gasteiger partial charge is 0.262 e. The number of morpholine rings is 1. The first-order valence-electron chi connectivity index (χ1n) is 9.59. The van der Waals surface area contributed by atoms with Crippen LogP contribution in [-0.2, 0) is 17.6 Å². The number of aryl methyl sites for hydroxylation is 3. The monoisotopic (exact) mass is 371 g/mol. The number of hydrogen-bond acceptors (Lipinski definition) is 3. The van der Waals surface area contributed by atoms with Crippen LogP contribution in [-0.4, -0.2) is 38.8 Å². The first-order chi connectivity index (χ1) is 12.7. The van der Waals surface area contributed by atoms with E-state index in [4.69, 9.17) is 4.74 Å². The van der Waals surface area contributed by atoms with Gasteiger partial charge in [-0.1, -0.05) is 29.8 Å². The van der Waals surface area contributed by atoms with Crippen LogP contribution < -0.4 is 10.2 Å². The van der Waals surface area contributed by atoms with Crippen LogP contribution >= 0.6 is 11.3 Å². The maximum Gasteiger partial charge on any atom is 0.262 e. The molecule has 2 aliphatic rings. The molecule has 26 heavy (non-hydrogen) atoms. The Morgan fingerprint density at radius 1 is 1.23 bits per heavy atom. The minimum atomic E-state index is 0.0353. The van der Waals surface area contributed by atoms with Gasteiger partial charge in [-0.3, -0.25) is 4.79 Å². The molecule has 2 aromatic rings. The summed E-state index contributed by atoms with van der Waals surface area (Å²) in [5.74, 6) is 0.0719. The SMILES string of the molecule is Cc1ccc([C@@H](C[NH+]2CCOCC2)NC(=O)c2cc3c(s2)CCC3)cc1. The molecule has 0 saturated carbocycles. The summed E-state index contributed by atoms with van der Waals surface area (Å²) < 4.78 is 5.48. The summed E-state index contributed by atoms with van der Waals surface area (Å²) in [6.45, 7) is 6.63. The van der Waals surface area contributed by atoms with E-state index < -0.39 is 0 Å². The van der Waals surface area contributed by atoms with E-state index in [-0.39, 0.29) is 11.9 Å². The fourth-order valence-corrected chi connectivity index (χ4v) is 5.03. The third-order valence-corrected chi connectivity index (χ3v) is 6.68. The molecule has 0 bridgehead atoms. The van der Waals surface area contributed by atoms with Gasteiger partial charge in [0, 0.05) is 4.88 Å². The van der Waals surface area contributed by atoms with Gasteiger partial charge in [-0.25, -0.2) is 0 Å². The third kappa shape index (κ3) is 4.00. The molecule has 4 rings (SSSR count). The van der Waals surface area contributed by atoms with E-state index in [1.165, 1.54) is 32.9 Å². The van der Waals surface area contributed by atoms with E-state index in [2.05, 4.69) is 42.6 Å². The molecule has 138 valence electrons. The predicted octanol–water partition coefficient (Wildman–Crippen LogP) is 1.93. The Bertz CT molecular complexity index is 741. The molecule has 1 aromatic heterocycles. The van der Waals surface area contributed by atoms with Gasteiger partial charge < -0.3 is 15.0 Å². The summed E-state index contributed by atoms with van der Waals surface area (Å²) in [5, 5.41) is 3.31. The second-order valence-corrected chi connectivity index (χ2v) is 8.55. The zero-order valence-electron chi connectivity index (χ0n) is 15.3. The van der Waals surface area contributed by atoms with Gasteiger partial charge in [0.15, 0.2) is 0 Å². The van der Waals surface area contributed by atoms with E-state index >= 15 is 0 Å². The lowest BCUT2D eigenvalue weighted by Crippen LogP contribution is -3.14. The highest BCUT2D eigenvalue weighted by atomic mass is 32.1. The number of quaternary nitrogens is 1. The lowest BCUT2D eigenvalue weighted by Gasteiger charge is -2.28. The van der Waals surface area contributed by atoms with Gasteiger partial charge in [0.2, 0.25) is 0 Å². The Balaban J connectivity index is 1.51. The molecule has 0 radical (unpaired) electrons. The molecule has 5 heteroatoms. The van der Waals surface area contributed by atoms with Crippen molar-refractivity contribution in [2.75, 3.05) is 32.8 Å². The Hall–Kier alpha value is -1.69. The van der Waals surface area contributed by atoms with E-state index in [1.54, 1.807) is 11.3 Å². The van der Waals surface area contributed by atoms with Gasteiger partial charge in [0.25, 0.3) is 5.91 Å². The second kappa shape index (κ2) is 7.91. The predicted molar refractivity (Wildman–Crippen MR) is 104 cm³/mol. The molecule has 2 heterocycles. The zero-order chi connectivity index (χ0) is 17.9. The number of nitrogens with one attached hydrogen (secondary N) is 2. The van der Waals surface area contributed by atoms with Crippen LogP contribution in [0.3, 0.4) is 0 Å². The largest absolute Gasteiger partial charge is 0.370 e. The Kier molecular flexibility index (Phi) is 5.38. The van der Waals surface area contributed by atoms with Gasteiger partial charge in [0.05, 0.1) is 18.1 Å². The van der Waals surface area contributed by atoms with Crippen molar-refractivity contribution < 1.29 is 14.4 Å². The average molecular weight is 372 g/mol. The molecule has 1 aliphatic carbocycles. The molecule has 1 atom stereocenters. The van der Waals surface area contributed by atoms with E-state index in [1.807, 2.05) is 0 Å². The standard InChI is InChI=1S/C21H26N2O2S/c1-15-5-7-16(8-6-15)18(14-23-9-11-25-12-10-23)22-21(24)20-13-17-3-2-4-19(17)26-20/h5-8,13,18H,2-4,9-12,14H2,1H3,(H,22,24)/p+1/t18-/m1/s1. The van der Waals surface area contributed by atoms with Crippen molar-refractivity contribution in [3.63, 3.8) is 0 Å². The summed E-state index contributed by atoms with van der Waals surface area (Å²) in [4.78, 5) is 16.7. The van der Waals surface area contributed by atoms with Crippen molar-refractivity contribution >= 4 is 17.2 Å². The van der Waals surface area contributed by atoms with Crippen molar-refractivity contribution in [1.29, 1.82) is 0 Å². The molecular formula is C21H27N2O2S+. The van der Waals surface area contributed by atoms with Crippen LogP contribution in [0.15, 0.2) is 30.3 Å². The normalized spacial score (nSPS) is 18.5. The lowest BCUT2D eigenvalue weighted by molar-refractivity contribution is -0.909. The van der Waals surface area contributed by atoms with E-state index in [9.17, 15) is 4.79 Å². The molecule has 2 N–H and O–H groups in total. The highest BCUT2D eigenvalue weighted by Gasteiger charge is 2.25. The number of carbonyl (C=O) groups is 1. The van der Waals surface area contributed by atoms with Gasteiger partial charge in [-0.2, -0.15) is 0 Å². The summed E-state index contributed by atoms with van der Waals surface area (Å²) in [6, 6.07) is 10.7. The summed E-state index contributed by atoms with van der Waals surface area (Å²) >= 11 is 1.68. The second-order valence-electron chi connectivity index (χ2n) is 7.42. The number of amides is 1. The molecular weight excluding hydrogens is 344 g/mol. The van der Waals surface area contributed by atoms with E-state index in [0.717, 1.165) is 50.6 Å². The topological polar surface area (TPSA) is 42.8 Å². The van der Waals surface area contributed by atoms with Gasteiger partial charge in [-0.15, -0.1) is 11.3 Å². The first kappa shape index (κ1) is 17.7. The van der Waals surface area contributed by atoms with Crippen LogP contribution in [0.5, 0.6) is 0 Å². The molecule has 4 nitrogen and oxygen atoms in total. The number of hydrogen-bond donors (Lipinski definition) is 2. The number of carbonyl (C=O) groups excluding carboxylic acids is 1. The summed E-state index contributed by atoms with van der Waals surface area (Å²) in [7, 11) is 0. The van der Waals surface area contributed by atoms with Gasteiger partial charge >= 0.3 is 0 Å². The maximum atomic E-state index is 12.9. The zero-order valence-corrected chi connectivity index (χ0v) is 16.2. The summed E-state index contributed by atoms with van der Waals surface area (Å²) in [5.41, 5.74) is 3.81. The van der Waals surface area contributed by atoms with Gasteiger partial charge in [0.1, 0.15) is 25.7 Å². The average Bonchev–Trinajstić information content (AvgIpc) is 3.25. The number of ether oxygens (including phenoxy) is 1. The van der Waals surface area contributed by atoms with Crippen molar-refractivity contribution in [2.45, 2.75) is 32.2 Å². The quantitative estimate of drug-likeness (QED) is 0.843. The minimum absolute atomic E-state index is 0.0353. The van der Waals surface area contributed by atoms with Crippen molar-refractivity contribution in [3.05, 3.63) is 56.8 Å². The minimum Gasteiger partial charge on any atom is -0.370 e. The Labute approximate surface area is 159 Å². The molecule has 1 saturated heterocycles. The number of rotatable bonds is 5. The van der Waals surface area contributed by atoms with Crippen LogP contribution in [0.25, 0.3) is 0 Å². The van der Waals surface area contributed by atoms with Crippen LogP contribution in [0.4, 0.5) is 0 Å². The number of fused-ring (bicyclic) bond motifs is 1. The van der Waals surface area contributed by atoms with Crippen LogP contribution in [0.2, 0.25) is 0 Å². The van der Waals surface area contributed by atoms with Crippen molar-refractivity contribution in [3.8, 4) is 0 Å². The van der Waals surface area contributed by atoms with Crippen molar-refractivity contribution in [2.24, 2.45) is 0 Å². The first-order valence-corrected chi connectivity index (χ1v) is 10.4. The number of thiophene rings is 1. The molecule has 0 unspecified atom stereocenters. The van der Waals surface area contributed by atoms with Crippen LogP contribution in [0.1, 0.15) is 43.7 Å². The lowest BCUT2D eigenvalue weighted by atomic mass is 10.0. The highest BCUT2D eigenvalue weighted by molar-refractivity contribution is 7.14. The molecule has 0 spiro atoms. The summed E-state index contributed by atoms with van der Waals surface area (Å²) in [6.07, 6.45) is 3.49.